The third kappa shape index (κ3) is 3.68. The van der Waals surface area contributed by atoms with Crippen LogP contribution in [0.2, 0.25) is 0 Å². The monoisotopic (exact) mass is 561 g/mol. The van der Waals surface area contributed by atoms with Gasteiger partial charge in [-0.1, -0.05) is 123 Å². The summed E-state index contributed by atoms with van der Waals surface area (Å²) in [7, 11) is -1.17. The molecule has 2 fully saturated rings. The zero-order valence-electron chi connectivity index (χ0n) is 24.3. The summed E-state index contributed by atoms with van der Waals surface area (Å²) in [5.41, 5.74) is 5.78. The molecule has 3 aliphatic carbocycles. The number of allylic oxidation sites excluding steroid dienone is 1. The number of nitrogens with zero attached hydrogens (tertiary/aromatic N) is 1. The smallest absolute Gasteiger partial charge is 0.169 e. The Balaban J connectivity index is 1.59. The molecule has 0 amide bonds. The van der Waals surface area contributed by atoms with Crippen molar-refractivity contribution in [3.63, 3.8) is 0 Å². The maximum Gasteiger partial charge on any atom is 0.169 e. The number of carbonyl (C=O) groups excluding carboxylic acids is 1. The van der Waals surface area contributed by atoms with E-state index < -0.39 is 12.4 Å². The quantitative estimate of drug-likeness (QED) is 0.291. The van der Waals surface area contributed by atoms with Crippen LogP contribution in [0.5, 0.6) is 0 Å². The van der Waals surface area contributed by atoms with Crippen LogP contribution in [0, 0.1) is 23.7 Å². The maximum atomic E-state index is 17.2. The van der Waals surface area contributed by atoms with Crippen LogP contribution in [-0.4, -0.2) is 17.5 Å². The van der Waals surface area contributed by atoms with Crippen molar-refractivity contribution < 1.29 is 9.36 Å². The summed E-state index contributed by atoms with van der Waals surface area (Å²) >= 11 is 0. The van der Waals surface area contributed by atoms with E-state index in [1.807, 2.05) is 0 Å². The van der Waals surface area contributed by atoms with E-state index in [0.717, 1.165) is 18.4 Å². The molecule has 8 atom stereocenters. The Labute approximate surface area is 244 Å². The van der Waals surface area contributed by atoms with Crippen LogP contribution < -0.4 is 0 Å². The maximum absolute atomic E-state index is 17.2. The van der Waals surface area contributed by atoms with Crippen LogP contribution >= 0.6 is 7.29 Å². The molecule has 0 aromatic heterocycles. The Morgan fingerprint density at radius 1 is 0.927 bits per heavy atom. The number of rotatable bonds is 5. The number of benzene rings is 3. The molecule has 210 valence electrons. The van der Waals surface area contributed by atoms with Gasteiger partial charge in [-0.2, -0.15) is 0 Å². The minimum atomic E-state index is -3.31. The van der Waals surface area contributed by atoms with Crippen LogP contribution in [0.3, 0.4) is 0 Å². The van der Waals surface area contributed by atoms with Crippen molar-refractivity contribution in [3.05, 3.63) is 119 Å². The van der Waals surface area contributed by atoms with Gasteiger partial charge in [0.1, 0.15) is 5.78 Å². The third-order valence-electron chi connectivity index (χ3n) is 11.0. The predicted octanol–water partition coefficient (Wildman–Crippen LogP) is 9.29. The van der Waals surface area contributed by atoms with Gasteiger partial charge in [0.25, 0.3) is 0 Å². The molecule has 1 heterocycles. The largest absolute Gasteiger partial charge is 0.305 e. The summed E-state index contributed by atoms with van der Waals surface area (Å²) in [4.78, 5) is 13.1. The predicted molar refractivity (Wildman–Crippen MR) is 169 cm³/mol. The van der Waals surface area contributed by atoms with Crippen molar-refractivity contribution in [2.24, 2.45) is 23.7 Å². The van der Waals surface area contributed by atoms with Crippen LogP contribution in [0.4, 0.5) is 0 Å². The van der Waals surface area contributed by atoms with Crippen molar-refractivity contribution in [2.75, 3.05) is 7.05 Å². The molecule has 1 saturated heterocycles. The lowest BCUT2D eigenvalue weighted by Crippen LogP contribution is -2.43. The van der Waals surface area contributed by atoms with Crippen molar-refractivity contribution in [2.45, 2.75) is 56.4 Å². The second-order valence-corrected chi connectivity index (χ2v) is 15.9. The highest BCUT2D eigenvalue weighted by Crippen LogP contribution is 2.88. The fourth-order valence-corrected chi connectivity index (χ4v) is 14.5. The van der Waals surface area contributed by atoms with Crippen LogP contribution in [-0.2, 0) is 14.5 Å². The van der Waals surface area contributed by atoms with E-state index in [2.05, 4.69) is 129 Å². The molecule has 1 aliphatic heterocycles. The first-order chi connectivity index (χ1) is 19.9. The average Bonchev–Trinajstić information content (AvgIpc) is 3.54. The number of carbonyl (C=O) groups is 1. The Morgan fingerprint density at radius 3 is 2.34 bits per heavy atom. The molecule has 0 bridgehead atoms. The van der Waals surface area contributed by atoms with Gasteiger partial charge in [-0.25, -0.2) is 4.67 Å². The number of hydrogen-bond acceptors (Lipinski definition) is 2. The van der Waals surface area contributed by atoms with E-state index in [0.29, 0.717) is 24.5 Å². The fraction of sp³-hybridized carbons (Fsp3) is 0.378. The molecule has 3 nitrogen and oxygen atoms in total. The van der Waals surface area contributed by atoms with Crippen LogP contribution in [0.15, 0.2) is 91.0 Å². The zero-order valence-corrected chi connectivity index (χ0v) is 25.2. The summed E-state index contributed by atoms with van der Waals surface area (Å²) in [5, 5.41) is -0.658. The van der Waals surface area contributed by atoms with Gasteiger partial charge in [-0.3, -0.25) is 4.79 Å². The standard InChI is InChI=1S/C37H40NO2P/c1-4-25(2)31-22-18-26-12-8-10-16-32(26)36(31)41(40)37(29-20-21-30(39)24-29)33-17-11-9-13-27(33)19-23-34(37)35(38(41)3)28-14-6-5-7-15-28/h5-19,22-23,25,29,31,34-36H,4,20-21,24H2,1-3H3/t25?,29-,31+,34-,35+,36-,37-,41?/m1/s1. The third-order valence-corrected chi connectivity index (χ3v) is 15.5. The molecule has 7 rings (SSSR count). The van der Waals surface area contributed by atoms with E-state index in [1.54, 1.807) is 0 Å². The van der Waals surface area contributed by atoms with Gasteiger partial charge in [-0.05, 0) is 59.0 Å². The Bertz CT molecular complexity index is 1590. The molecule has 0 spiro atoms. The van der Waals surface area contributed by atoms with E-state index >= 15 is 4.57 Å². The summed E-state index contributed by atoms with van der Waals surface area (Å²) in [5.74, 6) is 0.862. The van der Waals surface area contributed by atoms with Crippen LogP contribution in [0.25, 0.3) is 12.2 Å². The van der Waals surface area contributed by atoms with Gasteiger partial charge in [0.2, 0.25) is 0 Å². The van der Waals surface area contributed by atoms with E-state index in [-0.39, 0.29) is 29.5 Å². The molecular weight excluding hydrogens is 521 g/mol. The van der Waals surface area contributed by atoms with Gasteiger partial charge >= 0.3 is 0 Å². The number of Topliss-reactive ketones (excluding diaryl/α,β-unsaturated/α-hetero) is 1. The van der Waals surface area contributed by atoms with Crippen molar-refractivity contribution >= 4 is 25.2 Å². The minimum absolute atomic E-state index is 0.00202. The van der Waals surface area contributed by atoms with Crippen molar-refractivity contribution in [1.29, 1.82) is 0 Å². The second kappa shape index (κ2) is 10.1. The molecule has 3 aromatic rings. The molecule has 41 heavy (non-hydrogen) atoms. The van der Waals surface area contributed by atoms with Gasteiger partial charge < -0.3 is 4.57 Å². The SMILES string of the molecule is CCC(C)[C@@H]1C=Cc2ccccc2[C@@H]1P1(=O)N(C)[C@@H](c2ccccc2)[C@H]2C=Cc3ccccc3[C@]21[C@@H]1CCC(=O)C1. The molecule has 1 saturated carbocycles. The number of hydrogen-bond donors (Lipinski definition) is 0. The van der Waals surface area contributed by atoms with E-state index in [9.17, 15) is 4.79 Å². The lowest BCUT2D eigenvalue weighted by molar-refractivity contribution is -0.117. The Morgan fingerprint density at radius 2 is 1.61 bits per heavy atom. The fourth-order valence-electron chi connectivity index (χ4n) is 9.05. The molecule has 2 unspecified atom stereocenters. The molecule has 0 N–H and O–H groups in total. The van der Waals surface area contributed by atoms with Crippen LogP contribution in [0.1, 0.15) is 79.0 Å². The number of fused-ring (bicyclic) bond motifs is 4. The summed E-state index contributed by atoms with van der Waals surface area (Å²) in [6.45, 7) is 4.58. The first-order valence-corrected chi connectivity index (χ1v) is 17.1. The van der Waals surface area contributed by atoms with Gasteiger partial charge in [0.05, 0.1) is 10.8 Å². The van der Waals surface area contributed by atoms with Gasteiger partial charge in [-0.15, -0.1) is 0 Å². The zero-order chi connectivity index (χ0) is 28.4. The molecule has 4 aliphatic rings. The Kier molecular flexibility index (Phi) is 6.60. The summed E-state index contributed by atoms with van der Waals surface area (Å²) < 4.78 is 19.5. The van der Waals surface area contributed by atoms with Gasteiger partial charge in [0, 0.05) is 24.8 Å². The normalized spacial score (nSPS) is 34.7. The topological polar surface area (TPSA) is 37.4 Å². The highest BCUT2D eigenvalue weighted by molar-refractivity contribution is 7.63. The summed E-state index contributed by atoms with van der Waals surface area (Å²) in [6, 6.07) is 27.9. The molecule has 0 radical (unpaired) electrons. The highest BCUT2D eigenvalue weighted by Gasteiger charge is 2.72. The van der Waals surface area contributed by atoms with E-state index in [1.165, 1.54) is 22.3 Å². The van der Waals surface area contributed by atoms with Crippen molar-refractivity contribution in [3.8, 4) is 0 Å². The lowest BCUT2D eigenvalue weighted by atomic mass is 9.67. The molecule has 3 aromatic carbocycles. The first-order valence-electron chi connectivity index (χ1n) is 15.4. The first kappa shape index (κ1) is 26.9. The average molecular weight is 562 g/mol. The molecule has 4 heteroatoms. The van der Waals surface area contributed by atoms with Crippen molar-refractivity contribution in [1.82, 2.24) is 4.67 Å². The van der Waals surface area contributed by atoms with E-state index in [4.69, 9.17) is 0 Å². The lowest BCUT2D eigenvalue weighted by Gasteiger charge is -2.51. The molecular formula is C37H40NO2P. The van der Waals surface area contributed by atoms with Gasteiger partial charge in [0.15, 0.2) is 7.29 Å². The second-order valence-electron chi connectivity index (χ2n) is 12.7. The summed E-state index contributed by atoms with van der Waals surface area (Å²) in [6.07, 6.45) is 12.2. The minimum Gasteiger partial charge on any atom is -0.305 e. The highest BCUT2D eigenvalue weighted by atomic mass is 31.2. The number of ketones is 1. The Hall–Kier alpha value is -3.00.